The number of ether oxygens (including phenoxy) is 2. The molecule has 0 bridgehead atoms. The Hall–Kier alpha value is -4.51. The lowest BCUT2D eigenvalue weighted by Crippen LogP contribution is -2.41. The van der Waals surface area contributed by atoms with Crippen LogP contribution in [0, 0.1) is 5.82 Å². The first-order valence-electron chi connectivity index (χ1n) is 11.8. The highest BCUT2D eigenvalue weighted by molar-refractivity contribution is 5.99. The molecule has 0 fully saturated rings. The predicted molar refractivity (Wildman–Crippen MR) is 134 cm³/mol. The van der Waals surface area contributed by atoms with Gasteiger partial charge in [-0.1, -0.05) is 0 Å². The number of pyridine rings is 1. The highest BCUT2D eigenvalue weighted by Crippen LogP contribution is 2.45. The standard InChI is InChI=1S/C27H25FN4O6/c1-26(25(29)35)13-38-23-17(26)10-20(32-22(23)14-3-6-16(28)7-4-14)27(2,36)12-30-24(34)15-5-8-18-19(9-15)37-11-21(33)31-18/h3-10,36H,11-13H2,1-2H3,(H2,29,35)(H,30,34)(H,31,33)/t26-,27-/m0/s1. The van der Waals surface area contributed by atoms with Crippen LogP contribution in [0.2, 0.25) is 0 Å². The summed E-state index contributed by atoms with van der Waals surface area (Å²) in [5.74, 6) is -1.14. The van der Waals surface area contributed by atoms with E-state index in [-0.39, 0.29) is 36.9 Å². The molecule has 2 aliphatic rings. The maximum Gasteiger partial charge on any atom is 0.262 e. The first kappa shape index (κ1) is 25.2. The van der Waals surface area contributed by atoms with E-state index in [1.165, 1.54) is 43.3 Å². The van der Waals surface area contributed by atoms with Gasteiger partial charge in [0.2, 0.25) is 5.91 Å². The summed E-state index contributed by atoms with van der Waals surface area (Å²) in [4.78, 5) is 41.3. The zero-order valence-electron chi connectivity index (χ0n) is 20.6. The van der Waals surface area contributed by atoms with E-state index < -0.39 is 28.6 Å². The second kappa shape index (κ2) is 9.10. The number of amides is 3. The van der Waals surface area contributed by atoms with Crippen LogP contribution in [0.1, 0.15) is 35.5 Å². The molecule has 3 heterocycles. The van der Waals surface area contributed by atoms with Crippen molar-refractivity contribution in [3.05, 3.63) is 71.2 Å². The summed E-state index contributed by atoms with van der Waals surface area (Å²) in [6.07, 6.45) is 0. The lowest BCUT2D eigenvalue weighted by atomic mass is 9.82. The first-order chi connectivity index (χ1) is 18.0. The van der Waals surface area contributed by atoms with Crippen LogP contribution < -0.4 is 25.8 Å². The number of aliphatic hydroxyl groups is 1. The third-order valence-electron chi connectivity index (χ3n) is 6.76. The normalized spacial score (nSPS) is 19.2. The molecule has 196 valence electrons. The van der Waals surface area contributed by atoms with Gasteiger partial charge >= 0.3 is 0 Å². The van der Waals surface area contributed by atoms with E-state index in [1.807, 2.05) is 0 Å². The van der Waals surface area contributed by atoms with E-state index in [9.17, 15) is 23.9 Å². The number of aromatic nitrogens is 1. The molecule has 2 atom stereocenters. The number of carbonyl (C=O) groups excluding carboxylic acids is 3. The largest absolute Gasteiger partial charge is 0.489 e. The van der Waals surface area contributed by atoms with Gasteiger partial charge in [-0.25, -0.2) is 9.37 Å². The van der Waals surface area contributed by atoms with Crippen LogP contribution in [0.25, 0.3) is 11.3 Å². The van der Waals surface area contributed by atoms with Gasteiger partial charge in [0, 0.05) is 16.7 Å². The molecule has 10 nitrogen and oxygen atoms in total. The van der Waals surface area contributed by atoms with Crippen LogP contribution in [-0.2, 0) is 20.6 Å². The third kappa shape index (κ3) is 4.41. The molecular formula is C27H25FN4O6. The monoisotopic (exact) mass is 520 g/mol. The van der Waals surface area contributed by atoms with Crippen LogP contribution in [0.4, 0.5) is 10.1 Å². The van der Waals surface area contributed by atoms with Gasteiger partial charge in [-0.2, -0.15) is 0 Å². The smallest absolute Gasteiger partial charge is 0.262 e. The van der Waals surface area contributed by atoms with Crippen molar-refractivity contribution in [1.29, 1.82) is 0 Å². The Bertz CT molecular complexity index is 1470. The quantitative estimate of drug-likeness (QED) is 0.388. The highest BCUT2D eigenvalue weighted by Gasteiger charge is 2.45. The van der Waals surface area contributed by atoms with Gasteiger partial charge in [0.1, 0.15) is 40.6 Å². The number of hydrogen-bond acceptors (Lipinski definition) is 7. The Balaban J connectivity index is 1.45. The Kier molecular flexibility index (Phi) is 6.03. The van der Waals surface area contributed by atoms with Crippen molar-refractivity contribution < 1.29 is 33.4 Å². The zero-order chi connectivity index (χ0) is 27.2. The van der Waals surface area contributed by atoms with Crippen molar-refractivity contribution in [2.45, 2.75) is 24.9 Å². The summed E-state index contributed by atoms with van der Waals surface area (Å²) in [5, 5.41) is 16.7. The molecule has 0 unspecified atom stereocenters. The van der Waals surface area contributed by atoms with Crippen molar-refractivity contribution in [1.82, 2.24) is 10.3 Å². The van der Waals surface area contributed by atoms with E-state index in [0.29, 0.717) is 34.0 Å². The number of fused-ring (bicyclic) bond motifs is 2. The predicted octanol–water partition coefficient (Wildman–Crippen LogP) is 1.99. The van der Waals surface area contributed by atoms with Crippen molar-refractivity contribution >= 4 is 23.4 Å². The van der Waals surface area contributed by atoms with Crippen molar-refractivity contribution in [2.24, 2.45) is 5.73 Å². The molecule has 5 rings (SSSR count). The number of anilines is 1. The molecule has 2 aromatic carbocycles. The Labute approximate surface area is 217 Å². The molecule has 3 aromatic rings. The van der Waals surface area contributed by atoms with Crippen LogP contribution in [0.5, 0.6) is 11.5 Å². The number of halogens is 1. The third-order valence-corrected chi connectivity index (χ3v) is 6.76. The van der Waals surface area contributed by atoms with Gasteiger partial charge < -0.3 is 30.9 Å². The molecule has 0 aliphatic carbocycles. The topological polar surface area (TPSA) is 153 Å². The summed E-state index contributed by atoms with van der Waals surface area (Å²) in [5.41, 5.74) is 4.97. The molecule has 3 amide bonds. The summed E-state index contributed by atoms with van der Waals surface area (Å²) < 4.78 is 24.8. The second-order valence-corrected chi connectivity index (χ2v) is 9.73. The van der Waals surface area contributed by atoms with Crippen LogP contribution in [-0.4, -0.2) is 47.6 Å². The average Bonchev–Trinajstić information content (AvgIpc) is 3.25. The van der Waals surface area contributed by atoms with Crippen LogP contribution in [0.15, 0.2) is 48.5 Å². The molecule has 1 aromatic heterocycles. The number of nitrogens with two attached hydrogens (primary N) is 1. The minimum Gasteiger partial charge on any atom is -0.489 e. The van der Waals surface area contributed by atoms with Gasteiger partial charge in [-0.05, 0) is 62.4 Å². The molecule has 0 saturated carbocycles. The number of carbonyl (C=O) groups is 3. The highest BCUT2D eigenvalue weighted by atomic mass is 19.1. The Morgan fingerprint density at radius 2 is 1.95 bits per heavy atom. The van der Waals surface area contributed by atoms with E-state index in [4.69, 9.17) is 15.2 Å². The number of primary amides is 1. The lowest BCUT2D eigenvalue weighted by molar-refractivity contribution is -0.123. The number of hydrogen-bond donors (Lipinski definition) is 4. The van der Waals surface area contributed by atoms with Crippen molar-refractivity contribution in [2.75, 3.05) is 25.1 Å². The molecule has 38 heavy (non-hydrogen) atoms. The molecule has 11 heteroatoms. The SMILES string of the molecule is C[C@](O)(CNC(=O)c1ccc2c(c1)OCC(=O)N2)c1cc2c(c(-c3ccc(F)cc3)n1)OC[C@]2(C)C(N)=O. The second-order valence-electron chi connectivity index (χ2n) is 9.73. The fourth-order valence-corrected chi connectivity index (χ4v) is 4.33. The zero-order valence-corrected chi connectivity index (χ0v) is 20.6. The summed E-state index contributed by atoms with van der Waals surface area (Å²) in [6.45, 7) is 2.71. The molecule has 0 spiro atoms. The molecular weight excluding hydrogens is 495 g/mol. The fraction of sp³-hybridized carbons (Fsp3) is 0.259. The van der Waals surface area contributed by atoms with E-state index >= 15 is 0 Å². The molecule has 0 radical (unpaired) electrons. The first-order valence-corrected chi connectivity index (χ1v) is 11.8. The number of nitrogens with one attached hydrogen (secondary N) is 2. The van der Waals surface area contributed by atoms with Gasteiger partial charge in [0.15, 0.2) is 6.61 Å². The summed E-state index contributed by atoms with van der Waals surface area (Å²) in [6, 6.07) is 11.7. The van der Waals surface area contributed by atoms with Gasteiger partial charge in [-0.3, -0.25) is 14.4 Å². The summed E-state index contributed by atoms with van der Waals surface area (Å²) in [7, 11) is 0. The number of rotatable bonds is 6. The lowest BCUT2D eigenvalue weighted by Gasteiger charge is -2.26. The van der Waals surface area contributed by atoms with Crippen LogP contribution >= 0.6 is 0 Å². The van der Waals surface area contributed by atoms with E-state index in [1.54, 1.807) is 19.1 Å². The maximum absolute atomic E-state index is 13.6. The van der Waals surface area contributed by atoms with E-state index in [2.05, 4.69) is 15.6 Å². The van der Waals surface area contributed by atoms with Gasteiger partial charge in [-0.15, -0.1) is 0 Å². The minimum absolute atomic E-state index is 0.0171. The minimum atomic E-state index is -1.68. The number of nitrogens with zero attached hydrogens (tertiary/aromatic N) is 1. The Morgan fingerprint density at radius 3 is 2.66 bits per heavy atom. The average molecular weight is 521 g/mol. The van der Waals surface area contributed by atoms with Gasteiger partial charge in [0.25, 0.3) is 11.8 Å². The van der Waals surface area contributed by atoms with Gasteiger partial charge in [0.05, 0.1) is 17.9 Å². The maximum atomic E-state index is 13.6. The van der Waals surface area contributed by atoms with Crippen molar-refractivity contribution in [3.8, 4) is 22.8 Å². The molecule has 0 saturated heterocycles. The number of benzene rings is 2. The fourth-order valence-electron chi connectivity index (χ4n) is 4.33. The van der Waals surface area contributed by atoms with E-state index in [0.717, 1.165) is 0 Å². The molecule has 5 N–H and O–H groups in total. The van der Waals surface area contributed by atoms with Crippen molar-refractivity contribution in [3.63, 3.8) is 0 Å². The Morgan fingerprint density at radius 1 is 1.21 bits per heavy atom. The van der Waals surface area contributed by atoms with Crippen LogP contribution in [0.3, 0.4) is 0 Å². The summed E-state index contributed by atoms with van der Waals surface area (Å²) >= 11 is 0. The molecule has 2 aliphatic heterocycles.